The van der Waals surface area contributed by atoms with Crippen LogP contribution in [0.25, 0.3) is 22.6 Å². The number of carboxylic acid groups (broad SMARTS) is 1. The number of oxazole rings is 1. The zero-order valence-corrected chi connectivity index (χ0v) is 10.8. The van der Waals surface area contributed by atoms with Crippen molar-refractivity contribution in [3.63, 3.8) is 0 Å². The summed E-state index contributed by atoms with van der Waals surface area (Å²) in [6, 6.07) is 6.13. The Kier molecular flexibility index (Phi) is 3.09. The molecular formula is C14H7F3N2O3. The van der Waals surface area contributed by atoms with Crippen LogP contribution in [0.3, 0.4) is 0 Å². The highest BCUT2D eigenvalue weighted by Gasteiger charge is 2.32. The van der Waals surface area contributed by atoms with E-state index in [-0.39, 0.29) is 17.0 Å². The van der Waals surface area contributed by atoms with Gasteiger partial charge >= 0.3 is 12.1 Å². The maximum atomic E-state index is 12.5. The Hall–Kier alpha value is -2.90. The zero-order valence-electron chi connectivity index (χ0n) is 10.8. The highest BCUT2D eigenvalue weighted by molar-refractivity contribution is 5.92. The van der Waals surface area contributed by atoms with Crippen LogP contribution in [0.4, 0.5) is 13.2 Å². The topological polar surface area (TPSA) is 76.2 Å². The molecule has 0 atom stereocenters. The van der Waals surface area contributed by atoms with Crippen LogP contribution in [0.15, 0.2) is 40.9 Å². The Labute approximate surface area is 121 Å². The first-order chi connectivity index (χ1) is 10.3. The second kappa shape index (κ2) is 4.83. The molecule has 0 unspecified atom stereocenters. The largest absolute Gasteiger partial charge is 0.478 e. The van der Waals surface area contributed by atoms with Gasteiger partial charge in [0.1, 0.15) is 11.2 Å². The van der Waals surface area contributed by atoms with Crippen LogP contribution in [0.1, 0.15) is 16.1 Å². The summed E-state index contributed by atoms with van der Waals surface area (Å²) in [5, 5.41) is 8.90. The Balaban J connectivity index is 2.01. The summed E-state index contributed by atoms with van der Waals surface area (Å²) < 4.78 is 42.7. The molecule has 0 aliphatic rings. The number of fused-ring (bicyclic) bond motifs is 1. The number of halogens is 3. The van der Waals surface area contributed by atoms with Crippen molar-refractivity contribution in [3.8, 4) is 11.5 Å². The van der Waals surface area contributed by atoms with Gasteiger partial charge in [0.15, 0.2) is 5.58 Å². The van der Waals surface area contributed by atoms with E-state index in [9.17, 15) is 18.0 Å². The Bertz CT molecular complexity index is 854. The van der Waals surface area contributed by atoms with Gasteiger partial charge in [0.2, 0.25) is 5.89 Å². The summed E-state index contributed by atoms with van der Waals surface area (Å²) in [6.45, 7) is 0. The number of nitrogens with zero attached hydrogens (tertiary/aromatic N) is 2. The standard InChI is InChI=1S/C14H7F3N2O3/c15-14(16,17)11-4-2-8(6-18-11)12-19-9-5-7(13(20)21)1-3-10(9)22-12/h1-6H,(H,20,21). The second-order valence-corrected chi connectivity index (χ2v) is 4.44. The van der Waals surface area contributed by atoms with Crippen LogP contribution in [0.2, 0.25) is 0 Å². The van der Waals surface area contributed by atoms with Gasteiger partial charge in [-0.2, -0.15) is 13.2 Å². The van der Waals surface area contributed by atoms with Crippen molar-refractivity contribution in [2.75, 3.05) is 0 Å². The number of aromatic nitrogens is 2. The molecule has 0 amide bonds. The van der Waals surface area contributed by atoms with Gasteiger partial charge in [-0.3, -0.25) is 4.98 Å². The maximum Gasteiger partial charge on any atom is 0.433 e. The SMILES string of the molecule is O=C(O)c1ccc2oc(-c3ccc(C(F)(F)F)nc3)nc2c1. The molecule has 0 spiro atoms. The normalized spacial score (nSPS) is 11.8. The van der Waals surface area contributed by atoms with E-state index in [2.05, 4.69) is 9.97 Å². The van der Waals surface area contributed by atoms with Crippen molar-refractivity contribution in [2.45, 2.75) is 6.18 Å². The molecule has 2 heterocycles. The van der Waals surface area contributed by atoms with E-state index in [0.717, 1.165) is 12.3 Å². The maximum absolute atomic E-state index is 12.5. The monoisotopic (exact) mass is 308 g/mol. The van der Waals surface area contributed by atoms with Crippen LogP contribution in [0.5, 0.6) is 0 Å². The lowest BCUT2D eigenvalue weighted by Gasteiger charge is -2.04. The van der Waals surface area contributed by atoms with Crippen molar-refractivity contribution in [2.24, 2.45) is 0 Å². The summed E-state index contributed by atoms with van der Waals surface area (Å²) in [4.78, 5) is 18.3. The molecule has 22 heavy (non-hydrogen) atoms. The summed E-state index contributed by atoms with van der Waals surface area (Å²) in [5.41, 5.74) is -0.0748. The molecule has 3 aromatic rings. The molecule has 1 aromatic carbocycles. The third kappa shape index (κ3) is 2.50. The first-order valence-electron chi connectivity index (χ1n) is 6.02. The van der Waals surface area contributed by atoms with Crippen LogP contribution >= 0.6 is 0 Å². The molecule has 0 saturated heterocycles. The molecule has 1 N–H and O–H groups in total. The molecule has 3 rings (SSSR count). The van der Waals surface area contributed by atoms with E-state index in [1.807, 2.05) is 0 Å². The van der Waals surface area contributed by atoms with Crippen LogP contribution in [-0.2, 0) is 6.18 Å². The minimum atomic E-state index is -4.52. The smallest absolute Gasteiger partial charge is 0.433 e. The fourth-order valence-electron chi connectivity index (χ4n) is 1.87. The minimum Gasteiger partial charge on any atom is -0.478 e. The van der Waals surface area contributed by atoms with E-state index in [1.54, 1.807) is 0 Å². The van der Waals surface area contributed by atoms with E-state index >= 15 is 0 Å². The third-order valence-electron chi connectivity index (χ3n) is 2.94. The lowest BCUT2D eigenvalue weighted by molar-refractivity contribution is -0.141. The van der Waals surface area contributed by atoms with Crippen LogP contribution < -0.4 is 0 Å². The average molecular weight is 308 g/mol. The molecule has 2 aromatic heterocycles. The number of carbonyl (C=O) groups is 1. The molecule has 0 bridgehead atoms. The van der Waals surface area contributed by atoms with E-state index in [0.29, 0.717) is 11.1 Å². The summed E-state index contributed by atoms with van der Waals surface area (Å²) in [7, 11) is 0. The fraction of sp³-hybridized carbons (Fsp3) is 0.0714. The van der Waals surface area contributed by atoms with Crippen LogP contribution in [-0.4, -0.2) is 21.0 Å². The van der Waals surface area contributed by atoms with Gasteiger partial charge in [0.25, 0.3) is 0 Å². The first-order valence-corrected chi connectivity index (χ1v) is 6.02. The van der Waals surface area contributed by atoms with E-state index < -0.39 is 17.8 Å². The first kappa shape index (κ1) is 14.1. The zero-order chi connectivity index (χ0) is 15.9. The fourth-order valence-corrected chi connectivity index (χ4v) is 1.87. The minimum absolute atomic E-state index is 0.0397. The van der Waals surface area contributed by atoms with Crippen molar-refractivity contribution in [1.82, 2.24) is 9.97 Å². The van der Waals surface area contributed by atoms with Gasteiger partial charge in [-0.15, -0.1) is 0 Å². The highest BCUT2D eigenvalue weighted by Crippen LogP contribution is 2.29. The number of carboxylic acids is 1. The molecule has 112 valence electrons. The van der Waals surface area contributed by atoms with Gasteiger partial charge in [-0.25, -0.2) is 9.78 Å². The molecule has 8 heteroatoms. The molecule has 0 saturated carbocycles. The number of aromatic carboxylic acids is 1. The molecule has 0 fully saturated rings. The van der Waals surface area contributed by atoms with Gasteiger partial charge in [-0.1, -0.05) is 0 Å². The van der Waals surface area contributed by atoms with Crippen molar-refractivity contribution in [3.05, 3.63) is 47.8 Å². The van der Waals surface area contributed by atoms with E-state index in [1.165, 1.54) is 24.3 Å². The quantitative estimate of drug-likeness (QED) is 0.782. The van der Waals surface area contributed by atoms with Gasteiger partial charge < -0.3 is 9.52 Å². The molecular weight excluding hydrogens is 301 g/mol. The Morgan fingerprint density at radius 2 is 1.95 bits per heavy atom. The lowest BCUT2D eigenvalue weighted by atomic mass is 10.2. The van der Waals surface area contributed by atoms with Crippen molar-refractivity contribution < 1.29 is 27.5 Å². The third-order valence-corrected chi connectivity index (χ3v) is 2.94. The van der Waals surface area contributed by atoms with Gasteiger partial charge in [0, 0.05) is 6.20 Å². The predicted octanol–water partition coefficient (Wildman–Crippen LogP) is 3.61. The average Bonchev–Trinajstić information content (AvgIpc) is 2.89. The summed E-state index contributed by atoms with van der Waals surface area (Å²) in [5.74, 6) is -1.04. The van der Waals surface area contributed by atoms with E-state index in [4.69, 9.17) is 9.52 Å². The molecule has 5 nitrogen and oxygen atoms in total. The summed E-state index contributed by atoms with van der Waals surface area (Å²) in [6.07, 6.45) is -3.51. The molecule has 0 radical (unpaired) electrons. The lowest BCUT2D eigenvalue weighted by Crippen LogP contribution is -2.07. The number of hydrogen-bond acceptors (Lipinski definition) is 4. The number of hydrogen-bond donors (Lipinski definition) is 1. The van der Waals surface area contributed by atoms with Crippen LogP contribution in [0, 0.1) is 0 Å². The number of benzene rings is 1. The number of alkyl halides is 3. The summed E-state index contributed by atoms with van der Waals surface area (Å²) >= 11 is 0. The number of rotatable bonds is 2. The molecule has 0 aliphatic carbocycles. The number of pyridine rings is 1. The second-order valence-electron chi connectivity index (χ2n) is 4.44. The van der Waals surface area contributed by atoms with Gasteiger partial charge in [-0.05, 0) is 30.3 Å². The Morgan fingerprint density at radius 3 is 2.55 bits per heavy atom. The van der Waals surface area contributed by atoms with Crippen molar-refractivity contribution >= 4 is 17.1 Å². The van der Waals surface area contributed by atoms with Gasteiger partial charge in [0.05, 0.1) is 11.1 Å². The van der Waals surface area contributed by atoms with Crippen molar-refractivity contribution in [1.29, 1.82) is 0 Å². The molecule has 0 aliphatic heterocycles. The Morgan fingerprint density at radius 1 is 1.18 bits per heavy atom. The predicted molar refractivity (Wildman–Crippen MR) is 69.2 cm³/mol. The highest BCUT2D eigenvalue weighted by atomic mass is 19.4.